The quantitative estimate of drug-likeness (QED) is 0.277. The van der Waals surface area contributed by atoms with Crippen LogP contribution in [0.3, 0.4) is 0 Å². The Kier molecular flexibility index (Phi) is 10.0. The van der Waals surface area contributed by atoms with E-state index in [0.29, 0.717) is 17.7 Å². The number of aliphatic hydroxyl groups excluding tert-OH is 1. The maximum Gasteiger partial charge on any atom is 0.313 e. The molecule has 8 atom stereocenters. The number of amides is 3. The van der Waals surface area contributed by atoms with Crippen molar-refractivity contribution >= 4 is 40.2 Å². The van der Waals surface area contributed by atoms with Crippen LogP contribution in [-0.2, 0) is 33.4 Å². The number of fused-ring (bicyclic) bond motifs is 3. The molecule has 3 aromatic rings. The van der Waals surface area contributed by atoms with Crippen molar-refractivity contribution < 1.29 is 38.5 Å². The third-order valence-corrected chi connectivity index (χ3v) is 10.9. The molecule has 0 saturated carbocycles. The lowest BCUT2D eigenvalue weighted by Crippen LogP contribution is -2.59. The van der Waals surface area contributed by atoms with Crippen LogP contribution in [0.15, 0.2) is 97.1 Å². The molecule has 1 spiro atoms. The van der Waals surface area contributed by atoms with Gasteiger partial charge in [0, 0.05) is 25.8 Å². The van der Waals surface area contributed by atoms with Crippen LogP contribution in [-0.4, -0.2) is 90.4 Å². The summed E-state index contributed by atoms with van der Waals surface area (Å²) >= 11 is 0. The Morgan fingerprint density at radius 1 is 0.962 bits per heavy atom. The smallest absolute Gasteiger partial charge is 0.313 e. The number of anilines is 1. The lowest BCUT2D eigenvalue weighted by Gasteiger charge is -2.39. The predicted molar refractivity (Wildman–Crippen MR) is 194 cm³/mol. The monoisotopic (exact) mass is 707 g/mol. The molecule has 272 valence electrons. The number of esters is 1. The molecule has 52 heavy (non-hydrogen) atoms. The minimum atomic E-state index is -1.55. The lowest BCUT2D eigenvalue weighted by atomic mass is 9.77. The molecular formula is C41H45N3O8. The number of nitrogens with one attached hydrogen (secondary N) is 1. The fraction of sp³-hybridized carbons (Fsp3) is 0.415. The Hall–Kier alpha value is -4.84. The summed E-state index contributed by atoms with van der Waals surface area (Å²) in [7, 11) is 1.51. The van der Waals surface area contributed by atoms with E-state index >= 15 is 4.79 Å². The number of hydrogen-bond acceptors (Lipinski definition) is 8. The second-order valence-electron chi connectivity index (χ2n) is 14.3. The Morgan fingerprint density at radius 2 is 1.71 bits per heavy atom. The number of nitrogens with zero attached hydrogens (tertiary/aromatic N) is 2. The van der Waals surface area contributed by atoms with Gasteiger partial charge in [0.15, 0.2) is 0 Å². The summed E-state index contributed by atoms with van der Waals surface area (Å²) in [6, 6.07) is 20.1. The molecule has 3 amide bonds. The molecule has 4 aliphatic heterocycles. The summed E-state index contributed by atoms with van der Waals surface area (Å²) < 4.78 is 18.7. The van der Waals surface area contributed by atoms with Crippen molar-refractivity contribution in [3.63, 3.8) is 0 Å². The van der Waals surface area contributed by atoms with Gasteiger partial charge in [-0.15, -0.1) is 0 Å². The van der Waals surface area contributed by atoms with Gasteiger partial charge in [-0.1, -0.05) is 98.8 Å². The summed E-state index contributed by atoms with van der Waals surface area (Å²) in [5.41, 5.74) is -0.255. The van der Waals surface area contributed by atoms with E-state index in [9.17, 15) is 19.5 Å². The van der Waals surface area contributed by atoms with Crippen molar-refractivity contribution in [2.45, 2.75) is 62.6 Å². The van der Waals surface area contributed by atoms with Crippen LogP contribution < -0.4 is 10.2 Å². The van der Waals surface area contributed by atoms with Gasteiger partial charge in [0.25, 0.3) is 5.91 Å². The molecule has 2 N–H and O–H groups in total. The molecule has 0 aliphatic carbocycles. The molecular weight excluding hydrogens is 662 g/mol. The van der Waals surface area contributed by atoms with E-state index in [-0.39, 0.29) is 43.9 Å². The molecule has 11 nitrogen and oxygen atoms in total. The molecule has 0 unspecified atom stereocenters. The average molecular weight is 708 g/mol. The SMILES string of the molecule is COC[C@H]1NC(=O)CC/C=C\[C@H]2O[C@]34C=CCN(c5ccc6ccccc6c5)C(=O)[C@H]3N([C@@H](CO)C(C)C)C(=O)[C@@H]4[C@H]2C(=O)O[C@@H]1c1ccccc1. The van der Waals surface area contributed by atoms with E-state index < -0.39 is 59.6 Å². The number of hydrogen-bond donors (Lipinski definition) is 2. The topological polar surface area (TPSA) is 135 Å². The maximum atomic E-state index is 15.0. The largest absolute Gasteiger partial charge is 0.455 e. The van der Waals surface area contributed by atoms with E-state index in [0.717, 1.165) is 10.8 Å². The second kappa shape index (κ2) is 14.7. The van der Waals surface area contributed by atoms with Crippen molar-refractivity contribution in [2.75, 3.05) is 31.8 Å². The number of carbonyl (C=O) groups is 4. The van der Waals surface area contributed by atoms with Gasteiger partial charge < -0.3 is 34.4 Å². The zero-order chi connectivity index (χ0) is 36.6. The van der Waals surface area contributed by atoms with Crippen molar-refractivity contribution in [3.05, 3.63) is 103 Å². The van der Waals surface area contributed by atoms with Crippen LogP contribution in [0.1, 0.15) is 38.4 Å². The fourth-order valence-electron chi connectivity index (χ4n) is 8.38. The molecule has 4 heterocycles. The van der Waals surface area contributed by atoms with Crippen LogP contribution in [0, 0.1) is 17.8 Å². The number of benzene rings is 3. The second-order valence-corrected chi connectivity index (χ2v) is 14.3. The fourth-order valence-corrected chi connectivity index (χ4v) is 8.38. The minimum absolute atomic E-state index is 0.0651. The zero-order valence-corrected chi connectivity index (χ0v) is 29.6. The van der Waals surface area contributed by atoms with Gasteiger partial charge >= 0.3 is 5.97 Å². The van der Waals surface area contributed by atoms with Crippen LogP contribution in [0.5, 0.6) is 0 Å². The summed E-state index contributed by atoms with van der Waals surface area (Å²) in [5, 5.41) is 15.7. The number of carbonyl (C=O) groups excluding carboxylic acids is 4. The molecule has 0 aromatic heterocycles. The number of likely N-dealkylation sites (tertiary alicyclic amines) is 1. The van der Waals surface area contributed by atoms with Crippen molar-refractivity contribution in [1.82, 2.24) is 10.2 Å². The minimum Gasteiger partial charge on any atom is -0.455 e. The van der Waals surface area contributed by atoms with Gasteiger partial charge in [-0.05, 0) is 40.8 Å². The van der Waals surface area contributed by atoms with Gasteiger partial charge in [-0.25, -0.2) is 0 Å². The van der Waals surface area contributed by atoms with E-state index in [4.69, 9.17) is 14.2 Å². The van der Waals surface area contributed by atoms with Gasteiger partial charge in [-0.3, -0.25) is 19.2 Å². The van der Waals surface area contributed by atoms with Gasteiger partial charge in [0.2, 0.25) is 11.8 Å². The number of methoxy groups -OCH3 is 1. The standard InChI is InChI=1S/C41H45N3O8/c1-25(2)31(23-45)44-37-39(48)43(29-19-18-26-12-7-8-15-28(26)22-29)21-11-20-41(37)35(38(44)47)34-32(52-41)16-9-10-17-33(46)42-30(24-50-3)36(51-40(34)49)27-13-5-4-6-14-27/h4-9,11-16,18-20,22,25,30-32,34-37,45H,10,17,21,23-24H2,1-3H3,(H,42,46)/b16-9-/t30-,31+,32-,34+,35+,36-,37-,41+/m1/s1. The highest BCUT2D eigenvalue weighted by Crippen LogP contribution is 2.54. The predicted octanol–water partition coefficient (Wildman–Crippen LogP) is 4.11. The normalized spacial score (nSPS) is 30.5. The number of aliphatic hydroxyl groups is 1. The zero-order valence-electron chi connectivity index (χ0n) is 29.6. The van der Waals surface area contributed by atoms with Crippen molar-refractivity contribution in [3.8, 4) is 0 Å². The summed E-state index contributed by atoms with van der Waals surface area (Å²) in [5.74, 6) is -4.27. The molecule has 11 heteroatoms. The van der Waals surface area contributed by atoms with Gasteiger partial charge in [-0.2, -0.15) is 0 Å². The molecule has 2 saturated heterocycles. The third kappa shape index (κ3) is 6.20. The Bertz CT molecular complexity index is 1890. The summed E-state index contributed by atoms with van der Waals surface area (Å²) in [6.45, 7) is 3.66. The number of cyclic esters (lactones) is 1. The van der Waals surface area contributed by atoms with Gasteiger partial charge in [0.1, 0.15) is 23.7 Å². The molecule has 7 rings (SSSR count). The van der Waals surface area contributed by atoms with E-state index in [1.807, 2.05) is 92.7 Å². The lowest BCUT2D eigenvalue weighted by molar-refractivity contribution is -0.163. The molecule has 0 radical (unpaired) electrons. The van der Waals surface area contributed by atoms with E-state index in [2.05, 4.69) is 5.32 Å². The highest BCUT2D eigenvalue weighted by molar-refractivity contribution is 6.06. The Labute approximate surface area is 303 Å². The average Bonchev–Trinajstić information content (AvgIpc) is 3.53. The first-order valence-electron chi connectivity index (χ1n) is 18.0. The third-order valence-electron chi connectivity index (χ3n) is 10.9. The molecule has 2 fully saturated rings. The molecule has 4 aliphatic rings. The van der Waals surface area contributed by atoms with Crippen molar-refractivity contribution in [2.24, 2.45) is 17.8 Å². The summed E-state index contributed by atoms with van der Waals surface area (Å²) in [4.78, 5) is 60.9. The first kappa shape index (κ1) is 35.6. The number of ether oxygens (including phenoxy) is 3. The number of allylic oxidation sites excluding steroid dienone is 1. The van der Waals surface area contributed by atoms with E-state index in [1.165, 1.54) is 12.0 Å². The van der Waals surface area contributed by atoms with Gasteiger partial charge in [0.05, 0.1) is 37.3 Å². The van der Waals surface area contributed by atoms with Crippen LogP contribution >= 0.6 is 0 Å². The molecule has 0 bridgehead atoms. The molecule has 3 aromatic carbocycles. The van der Waals surface area contributed by atoms with E-state index in [1.54, 1.807) is 23.1 Å². The Morgan fingerprint density at radius 3 is 2.44 bits per heavy atom. The first-order chi connectivity index (χ1) is 25.2. The first-order valence-corrected chi connectivity index (χ1v) is 18.0. The van der Waals surface area contributed by atoms with Crippen LogP contribution in [0.25, 0.3) is 10.8 Å². The highest BCUT2D eigenvalue weighted by atomic mass is 16.6. The number of rotatable bonds is 7. The highest BCUT2D eigenvalue weighted by Gasteiger charge is 2.72. The van der Waals surface area contributed by atoms with Crippen molar-refractivity contribution in [1.29, 1.82) is 0 Å². The van der Waals surface area contributed by atoms with Crippen LogP contribution in [0.4, 0.5) is 5.69 Å². The maximum absolute atomic E-state index is 15.0. The Balaban J connectivity index is 1.34. The summed E-state index contributed by atoms with van der Waals surface area (Å²) in [6.07, 6.45) is 5.71. The van der Waals surface area contributed by atoms with Crippen LogP contribution in [0.2, 0.25) is 0 Å².